The zero-order valence-electron chi connectivity index (χ0n) is 11.1. The minimum atomic E-state index is -0.129. The number of nitrogens with one attached hydrogen (secondary N) is 1. The summed E-state index contributed by atoms with van der Waals surface area (Å²) in [6.07, 6.45) is 3.22. The van der Waals surface area contributed by atoms with Crippen LogP contribution in [0, 0.1) is 0 Å². The van der Waals surface area contributed by atoms with Crippen LogP contribution in [0.5, 0.6) is 0 Å². The van der Waals surface area contributed by atoms with E-state index in [1.165, 1.54) is 10.6 Å². The molecular formula is C13H20N2O4. The third-order valence-corrected chi connectivity index (χ3v) is 2.62. The van der Waals surface area contributed by atoms with Crippen LogP contribution in [0.1, 0.15) is 19.3 Å². The van der Waals surface area contributed by atoms with E-state index < -0.39 is 0 Å². The van der Waals surface area contributed by atoms with E-state index in [-0.39, 0.29) is 18.1 Å². The van der Waals surface area contributed by atoms with Crippen molar-refractivity contribution in [1.82, 2.24) is 4.57 Å². The average molecular weight is 268 g/mol. The van der Waals surface area contributed by atoms with Gasteiger partial charge in [0.25, 0.3) is 5.56 Å². The first kappa shape index (κ1) is 15.4. The molecule has 0 saturated carbocycles. The Bertz CT molecular complexity index is 456. The minimum Gasteiger partial charge on any atom is -0.396 e. The number of methoxy groups -OCH3 is 1. The molecule has 0 aromatic carbocycles. The highest BCUT2D eigenvalue weighted by Gasteiger charge is 2.04. The number of aliphatic hydroxyl groups excluding tert-OH is 1. The minimum absolute atomic E-state index is 0.0924. The molecule has 0 aliphatic carbocycles. The number of hydrogen-bond donors (Lipinski definition) is 2. The van der Waals surface area contributed by atoms with Gasteiger partial charge in [-0.2, -0.15) is 0 Å². The van der Waals surface area contributed by atoms with E-state index in [1.54, 1.807) is 19.4 Å². The molecule has 1 aromatic rings. The first-order valence-corrected chi connectivity index (χ1v) is 6.27. The summed E-state index contributed by atoms with van der Waals surface area (Å²) in [5.74, 6) is -0.120. The second-order valence-electron chi connectivity index (χ2n) is 4.17. The zero-order valence-corrected chi connectivity index (χ0v) is 11.1. The summed E-state index contributed by atoms with van der Waals surface area (Å²) in [5, 5.41) is 11.4. The van der Waals surface area contributed by atoms with Crippen molar-refractivity contribution < 1.29 is 14.6 Å². The molecule has 1 aromatic heterocycles. The maximum Gasteiger partial charge on any atom is 0.250 e. The van der Waals surface area contributed by atoms with Gasteiger partial charge in [-0.25, -0.2) is 0 Å². The molecule has 0 aliphatic rings. The Morgan fingerprint density at radius 3 is 2.89 bits per heavy atom. The predicted octanol–water partition coefficient (Wildman–Crippen LogP) is 0.596. The van der Waals surface area contributed by atoms with Crippen molar-refractivity contribution >= 4 is 11.6 Å². The highest BCUT2D eigenvalue weighted by molar-refractivity contribution is 5.90. The Kier molecular flexibility index (Phi) is 6.84. The molecular weight excluding hydrogens is 248 g/mol. The molecule has 106 valence electrons. The number of aromatic nitrogens is 1. The predicted molar refractivity (Wildman–Crippen MR) is 72.1 cm³/mol. The summed E-state index contributed by atoms with van der Waals surface area (Å²) >= 11 is 0. The van der Waals surface area contributed by atoms with Gasteiger partial charge in [0.15, 0.2) is 0 Å². The smallest absolute Gasteiger partial charge is 0.250 e. The van der Waals surface area contributed by atoms with Crippen molar-refractivity contribution in [3.8, 4) is 0 Å². The van der Waals surface area contributed by atoms with Gasteiger partial charge in [0, 0.05) is 38.9 Å². The topological polar surface area (TPSA) is 80.6 Å². The van der Waals surface area contributed by atoms with Crippen LogP contribution in [0.4, 0.5) is 5.69 Å². The standard InChI is InChI=1S/C13H20N2O4/c1-19-9-7-15-10-11(5-6-13(15)18)14-12(17)4-2-3-8-16/h5-6,10,16H,2-4,7-9H2,1H3,(H,14,17). The summed E-state index contributed by atoms with van der Waals surface area (Å²) in [5.41, 5.74) is 0.458. The van der Waals surface area contributed by atoms with E-state index in [0.29, 0.717) is 38.1 Å². The van der Waals surface area contributed by atoms with E-state index in [2.05, 4.69) is 5.32 Å². The Balaban J connectivity index is 2.58. The number of hydrogen-bond acceptors (Lipinski definition) is 4. The maximum atomic E-state index is 11.6. The van der Waals surface area contributed by atoms with Crippen molar-refractivity contribution in [3.63, 3.8) is 0 Å². The number of nitrogens with zero attached hydrogens (tertiary/aromatic N) is 1. The average Bonchev–Trinajstić information content (AvgIpc) is 2.39. The fraction of sp³-hybridized carbons (Fsp3) is 0.538. The fourth-order valence-corrected chi connectivity index (χ4v) is 1.59. The largest absolute Gasteiger partial charge is 0.396 e. The third kappa shape index (κ3) is 5.67. The van der Waals surface area contributed by atoms with Gasteiger partial charge < -0.3 is 19.7 Å². The molecule has 6 nitrogen and oxygen atoms in total. The number of anilines is 1. The van der Waals surface area contributed by atoms with Crippen molar-refractivity contribution in [2.45, 2.75) is 25.8 Å². The molecule has 19 heavy (non-hydrogen) atoms. The quantitative estimate of drug-likeness (QED) is 0.676. The molecule has 0 atom stereocenters. The monoisotopic (exact) mass is 268 g/mol. The molecule has 1 amide bonds. The fourth-order valence-electron chi connectivity index (χ4n) is 1.59. The SMILES string of the molecule is COCCn1cc(NC(=O)CCCCO)ccc1=O. The van der Waals surface area contributed by atoms with Gasteiger partial charge in [-0.15, -0.1) is 0 Å². The molecule has 1 heterocycles. The van der Waals surface area contributed by atoms with E-state index in [4.69, 9.17) is 9.84 Å². The summed E-state index contributed by atoms with van der Waals surface area (Å²) < 4.78 is 6.41. The summed E-state index contributed by atoms with van der Waals surface area (Å²) in [6.45, 7) is 0.979. The van der Waals surface area contributed by atoms with Crippen molar-refractivity contribution in [2.24, 2.45) is 0 Å². The van der Waals surface area contributed by atoms with Crippen LogP contribution in [0.2, 0.25) is 0 Å². The van der Waals surface area contributed by atoms with Crippen LogP contribution in [0.3, 0.4) is 0 Å². The van der Waals surface area contributed by atoms with Crippen LogP contribution < -0.4 is 10.9 Å². The van der Waals surface area contributed by atoms with Gasteiger partial charge >= 0.3 is 0 Å². The van der Waals surface area contributed by atoms with Crippen molar-refractivity contribution in [3.05, 3.63) is 28.7 Å². The van der Waals surface area contributed by atoms with Gasteiger partial charge in [0.1, 0.15) is 0 Å². The molecule has 2 N–H and O–H groups in total. The lowest BCUT2D eigenvalue weighted by Crippen LogP contribution is -2.22. The highest BCUT2D eigenvalue weighted by atomic mass is 16.5. The summed E-state index contributed by atoms with van der Waals surface area (Å²) in [6, 6.07) is 2.99. The normalized spacial score (nSPS) is 10.4. The van der Waals surface area contributed by atoms with Crippen molar-refractivity contribution in [2.75, 3.05) is 25.6 Å². The van der Waals surface area contributed by atoms with Crippen LogP contribution >= 0.6 is 0 Å². The number of amides is 1. The molecule has 0 unspecified atom stereocenters. The van der Waals surface area contributed by atoms with Crippen LogP contribution in [0.15, 0.2) is 23.1 Å². The molecule has 0 saturated heterocycles. The maximum absolute atomic E-state index is 11.6. The number of unbranched alkanes of at least 4 members (excludes halogenated alkanes) is 1. The summed E-state index contributed by atoms with van der Waals surface area (Å²) in [4.78, 5) is 23.1. The second-order valence-corrected chi connectivity index (χ2v) is 4.17. The lowest BCUT2D eigenvalue weighted by molar-refractivity contribution is -0.116. The van der Waals surface area contributed by atoms with Gasteiger partial charge in [-0.3, -0.25) is 9.59 Å². The number of rotatable bonds is 8. The summed E-state index contributed by atoms with van der Waals surface area (Å²) in [7, 11) is 1.57. The van der Waals surface area contributed by atoms with Crippen molar-refractivity contribution in [1.29, 1.82) is 0 Å². The van der Waals surface area contributed by atoms with E-state index in [0.717, 1.165) is 0 Å². The van der Waals surface area contributed by atoms with Gasteiger partial charge in [-0.05, 0) is 18.9 Å². The van der Waals surface area contributed by atoms with E-state index in [9.17, 15) is 9.59 Å². The Hall–Kier alpha value is -1.66. The van der Waals surface area contributed by atoms with E-state index >= 15 is 0 Å². The zero-order chi connectivity index (χ0) is 14.1. The molecule has 0 fully saturated rings. The molecule has 6 heteroatoms. The second kappa shape index (κ2) is 8.44. The molecule has 0 aliphatic heterocycles. The molecule has 1 rings (SSSR count). The lowest BCUT2D eigenvalue weighted by Gasteiger charge is -2.09. The molecule has 0 radical (unpaired) electrons. The number of carbonyl (C=O) groups is 1. The van der Waals surface area contributed by atoms with Gasteiger partial charge in [0.2, 0.25) is 5.91 Å². The highest BCUT2D eigenvalue weighted by Crippen LogP contribution is 2.05. The number of pyridine rings is 1. The first-order chi connectivity index (χ1) is 9.17. The van der Waals surface area contributed by atoms with Crippen LogP contribution in [-0.4, -0.2) is 35.9 Å². The number of carbonyl (C=O) groups excluding carboxylic acids is 1. The van der Waals surface area contributed by atoms with Crippen LogP contribution in [-0.2, 0) is 16.1 Å². The Morgan fingerprint density at radius 1 is 1.42 bits per heavy atom. The van der Waals surface area contributed by atoms with E-state index in [1.807, 2.05) is 0 Å². The Labute approximate surface area is 112 Å². The number of aliphatic hydroxyl groups is 1. The number of ether oxygens (including phenoxy) is 1. The molecule has 0 bridgehead atoms. The third-order valence-electron chi connectivity index (χ3n) is 2.62. The van der Waals surface area contributed by atoms with Gasteiger partial charge in [-0.1, -0.05) is 0 Å². The Morgan fingerprint density at radius 2 is 2.21 bits per heavy atom. The lowest BCUT2D eigenvalue weighted by atomic mass is 10.2. The molecule has 0 spiro atoms. The van der Waals surface area contributed by atoms with Crippen LogP contribution in [0.25, 0.3) is 0 Å². The first-order valence-electron chi connectivity index (χ1n) is 6.27. The van der Waals surface area contributed by atoms with Gasteiger partial charge in [0.05, 0.1) is 12.3 Å².